The molecule has 0 unspecified atom stereocenters. The van der Waals surface area contributed by atoms with Gasteiger partial charge in [0.1, 0.15) is 18.1 Å². The molecule has 2 aromatic heterocycles. The molecule has 0 spiro atoms. The maximum atomic E-state index is 12.5. The van der Waals surface area contributed by atoms with Crippen molar-refractivity contribution in [1.82, 2.24) is 4.98 Å². The third-order valence-corrected chi connectivity index (χ3v) is 5.48. The molecule has 0 saturated carbocycles. The molecular weight excluding hydrogens is 450 g/mol. The Hall–Kier alpha value is -3.87. The van der Waals surface area contributed by atoms with Crippen LogP contribution in [0.4, 0.5) is 5.69 Å². The summed E-state index contributed by atoms with van der Waals surface area (Å²) in [5.74, 6) is 1.13. The van der Waals surface area contributed by atoms with Crippen molar-refractivity contribution in [2.24, 2.45) is 5.73 Å². The molecule has 5 rings (SSSR count). The van der Waals surface area contributed by atoms with Gasteiger partial charge in [-0.1, -0.05) is 36.4 Å². The van der Waals surface area contributed by atoms with Crippen LogP contribution in [0.5, 0.6) is 5.75 Å². The number of carbonyl (C=O) groups excluding carboxylic acids is 1. The third kappa shape index (κ3) is 5.20. The van der Waals surface area contributed by atoms with Gasteiger partial charge in [0, 0.05) is 29.1 Å². The number of anilines is 1. The number of aromatic nitrogens is 1. The zero-order valence-electron chi connectivity index (χ0n) is 18.3. The molecule has 1 amide bonds. The van der Waals surface area contributed by atoms with Crippen LogP contribution in [0, 0.1) is 0 Å². The summed E-state index contributed by atoms with van der Waals surface area (Å²) >= 11 is 0. The zero-order valence-corrected chi connectivity index (χ0v) is 19.1. The monoisotopic (exact) mass is 473 g/mol. The number of benzene rings is 2. The highest BCUT2D eigenvalue weighted by molar-refractivity contribution is 6.35. The number of hydrogen-bond acceptors (Lipinski definition) is 5. The topological polar surface area (TPSA) is 90.4 Å². The van der Waals surface area contributed by atoms with Crippen molar-refractivity contribution in [3.8, 4) is 16.9 Å². The van der Waals surface area contributed by atoms with E-state index in [9.17, 15) is 4.79 Å². The van der Waals surface area contributed by atoms with Crippen LogP contribution in [0.15, 0.2) is 89.8 Å². The molecule has 0 saturated heterocycles. The van der Waals surface area contributed by atoms with Crippen LogP contribution >= 0.6 is 12.4 Å². The Bertz CT molecular complexity index is 1300. The lowest BCUT2D eigenvalue weighted by atomic mass is 10.00. The molecule has 1 aliphatic heterocycles. The molecule has 2 aromatic carbocycles. The first-order valence-electron chi connectivity index (χ1n) is 10.7. The fraction of sp³-hybridized carbons (Fsp3) is 0.111. The summed E-state index contributed by atoms with van der Waals surface area (Å²) in [6, 6.07) is 21.4. The van der Waals surface area contributed by atoms with Crippen LogP contribution in [0.3, 0.4) is 0 Å². The number of ether oxygens (including phenoxy) is 1. The molecule has 3 N–H and O–H groups in total. The van der Waals surface area contributed by atoms with Crippen LogP contribution < -0.4 is 15.8 Å². The smallest absolute Gasteiger partial charge is 0.256 e. The highest BCUT2D eigenvalue weighted by atomic mass is 35.5. The molecule has 1 aliphatic rings. The van der Waals surface area contributed by atoms with E-state index in [2.05, 4.69) is 22.4 Å². The number of carbonyl (C=O) groups is 1. The average molecular weight is 474 g/mol. The standard InChI is InChI=1S/C27H23N3O3.ClH/c28-21(11-18-5-2-1-3-6-18)17-33-23-12-20(15-29-16-23)19-8-9-26-24(13-19)25(27(31)30-26)14-22-7-4-10-32-22;/h1-10,12-16,21H,11,17,28H2,(H,30,31);1H/b25-14+;/t21-;/m0./s1. The van der Waals surface area contributed by atoms with Gasteiger partial charge in [-0.15, -0.1) is 12.4 Å². The highest BCUT2D eigenvalue weighted by Gasteiger charge is 2.25. The van der Waals surface area contributed by atoms with Crippen LogP contribution in [0.25, 0.3) is 22.8 Å². The molecule has 0 bridgehead atoms. The van der Waals surface area contributed by atoms with Gasteiger partial charge < -0.3 is 20.2 Å². The first-order valence-corrected chi connectivity index (χ1v) is 10.7. The van der Waals surface area contributed by atoms with Crippen molar-refractivity contribution in [3.63, 3.8) is 0 Å². The lowest BCUT2D eigenvalue weighted by Crippen LogP contribution is -2.30. The minimum atomic E-state index is -0.152. The number of amides is 1. The second-order valence-corrected chi connectivity index (χ2v) is 7.96. The number of nitrogens with one attached hydrogen (secondary N) is 1. The number of pyridine rings is 1. The van der Waals surface area contributed by atoms with E-state index in [4.69, 9.17) is 14.9 Å². The number of rotatable bonds is 7. The van der Waals surface area contributed by atoms with E-state index in [1.807, 2.05) is 48.5 Å². The normalized spacial score (nSPS) is 14.3. The second-order valence-electron chi connectivity index (χ2n) is 7.96. The molecule has 0 fully saturated rings. The maximum absolute atomic E-state index is 12.5. The quantitative estimate of drug-likeness (QED) is 0.360. The molecular formula is C27H24ClN3O3. The molecule has 7 heteroatoms. The van der Waals surface area contributed by atoms with Crippen LogP contribution in [0.1, 0.15) is 16.9 Å². The fourth-order valence-corrected chi connectivity index (χ4v) is 3.86. The van der Waals surface area contributed by atoms with E-state index in [-0.39, 0.29) is 24.4 Å². The number of fused-ring (bicyclic) bond motifs is 1. The zero-order chi connectivity index (χ0) is 22.6. The third-order valence-electron chi connectivity index (χ3n) is 5.48. The molecule has 1 atom stereocenters. The Morgan fingerprint density at radius 2 is 1.88 bits per heavy atom. The fourth-order valence-electron chi connectivity index (χ4n) is 3.86. The van der Waals surface area contributed by atoms with Gasteiger partial charge in [0.05, 0.1) is 18.0 Å². The molecule has 34 heavy (non-hydrogen) atoms. The highest BCUT2D eigenvalue weighted by Crippen LogP contribution is 2.36. The van der Waals surface area contributed by atoms with Crippen molar-refractivity contribution in [3.05, 3.63) is 102 Å². The van der Waals surface area contributed by atoms with Crippen LogP contribution in [-0.2, 0) is 11.2 Å². The first kappa shape index (κ1) is 23.3. The van der Waals surface area contributed by atoms with Crippen molar-refractivity contribution in [2.75, 3.05) is 11.9 Å². The van der Waals surface area contributed by atoms with Crippen LogP contribution in [0.2, 0.25) is 0 Å². The number of furan rings is 1. The largest absolute Gasteiger partial charge is 0.490 e. The van der Waals surface area contributed by atoms with E-state index in [1.54, 1.807) is 30.8 Å². The van der Waals surface area contributed by atoms with Gasteiger partial charge >= 0.3 is 0 Å². The van der Waals surface area contributed by atoms with Crippen LogP contribution in [-0.4, -0.2) is 23.5 Å². The lowest BCUT2D eigenvalue weighted by Gasteiger charge is -2.14. The van der Waals surface area contributed by atoms with Gasteiger partial charge in [-0.05, 0) is 54.0 Å². The Balaban J connectivity index is 0.00000274. The second kappa shape index (κ2) is 10.4. The number of nitrogens with two attached hydrogens (primary N) is 1. The van der Waals surface area contributed by atoms with Gasteiger partial charge in [-0.2, -0.15) is 0 Å². The molecule has 3 heterocycles. The molecule has 0 aliphatic carbocycles. The van der Waals surface area contributed by atoms with Crippen molar-refractivity contribution in [1.29, 1.82) is 0 Å². The van der Waals surface area contributed by atoms with Crippen molar-refractivity contribution < 1.29 is 13.9 Å². The minimum absolute atomic E-state index is 0. The number of halogens is 1. The van der Waals surface area contributed by atoms with Gasteiger partial charge in [0.25, 0.3) is 5.91 Å². The predicted octanol–water partition coefficient (Wildman–Crippen LogP) is 5.20. The summed E-state index contributed by atoms with van der Waals surface area (Å²) in [5.41, 5.74) is 11.4. The van der Waals surface area contributed by atoms with Crippen molar-refractivity contribution >= 4 is 35.7 Å². The van der Waals surface area contributed by atoms with E-state index in [0.717, 1.165) is 28.8 Å². The lowest BCUT2D eigenvalue weighted by molar-refractivity contribution is -0.110. The summed E-state index contributed by atoms with van der Waals surface area (Å²) in [7, 11) is 0. The number of nitrogens with zero attached hydrogens (tertiary/aromatic N) is 1. The summed E-state index contributed by atoms with van der Waals surface area (Å²) in [5, 5.41) is 2.90. The molecule has 4 aromatic rings. The van der Waals surface area contributed by atoms with Gasteiger partial charge in [-0.3, -0.25) is 9.78 Å². The van der Waals surface area contributed by atoms with E-state index in [0.29, 0.717) is 23.7 Å². The van der Waals surface area contributed by atoms with E-state index in [1.165, 1.54) is 5.56 Å². The Kier molecular flexibility index (Phi) is 7.11. The predicted molar refractivity (Wildman–Crippen MR) is 136 cm³/mol. The molecule has 172 valence electrons. The Morgan fingerprint density at radius 3 is 2.68 bits per heavy atom. The van der Waals surface area contributed by atoms with E-state index < -0.39 is 0 Å². The summed E-state index contributed by atoms with van der Waals surface area (Å²) < 4.78 is 11.3. The summed E-state index contributed by atoms with van der Waals surface area (Å²) in [4.78, 5) is 16.8. The number of hydrogen-bond donors (Lipinski definition) is 2. The first-order chi connectivity index (χ1) is 16.2. The van der Waals surface area contributed by atoms with Gasteiger partial charge in [0.2, 0.25) is 0 Å². The molecule has 0 radical (unpaired) electrons. The van der Waals surface area contributed by atoms with E-state index >= 15 is 0 Å². The Labute approximate surface area is 203 Å². The SMILES string of the molecule is Cl.N[C@H](COc1cncc(-c2ccc3c(c2)/C(=C\c2ccco2)C(=O)N3)c1)Cc1ccccc1. The summed E-state index contributed by atoms with van der Waals surface area (Å²) in [6.07, 6.45) is 7.53. The molecule has 6 nitrogen and oxygen atoms in total. The van der Waals surface area contributed by atoms with Gasteiger partial charge in [-0.25, -0.2) is 0 Å². The Morgan fingerprint density at radius 1 is 1.03 bits per heavy atom. The van der Waals surface area contributed by atoms with Crippen molar-refractivity contribution in [2.45, 2.75) is 12.5 Å². The maximum Gasteiger partial charge on any atom is 0.256 e. The summed E-state index contributed by atoms with van der Waals surface area (Å²) in [6.45, 7) is 0.388. The minimum Gasteiger partial charge on any atom is -0.490 e. The van der Waals surface area contributed by atoms with Gasteiger partial charge in [0.15, 0.2) is 0 Å². The average Bonchev–Trinajstić information content (AvgIpc) is 3.46.